The zero-order valence-electron chi connectivity index (χ0n) is 13.9. The van der Waals surface area contributed by atoms with E-state index in [9.17, 15) is 22.8 Å². The fourth-order valence-electron chi connectivity index (χ4n) is 2.11. The first-order chi connectivity index (χ1) is 12.3. The van der Waals surface area contributed by atoms with E-state index >= 15 is 0 Å². The summed E-state index contributed by atoms with van der Waals surface area (Å²) in [6.07, 6.45) is -4.44. The van der Waals surface area contributed by atoms with Crippen LogP contribution in [-0.4, -0.2) is 18.0 Å². The maximum atomic E-state index is 12.5. The molecule has 2 rings (SSSR count). The van der Waals surface area contributed by atoms with Crippen LogP contribution in [0.15, 0.2) is 54.6 Å². The van der Waals surface area contributed by atoms with Crippen molar-refractivity contribution in [2.24, 2.45) is 0 Å². The number of benzene rings is 2. The van der Waals surface area contributed by atoms with Gasteiger partial charge in [-0.15, -0.1) is 0 Å². The van der Waals surface area contributed by atoms with E-state index in [-0.39, 0.29) is 11.6 Å². The Kier molecular flexibility index (Phi) is 6.21. The summed E-state index contributed by atoms with van der Waals surface area (Å²) >= 11 is 0. The summed E-state index contributed by atoms with van der Waals surface area (Å²) < 4.78 is 37.5. The molecule has 0 saturated carbocycles. The van der Waals surface area contributed by atoms with Gasteiger partial charge in [-0.05, 0) is 36.8 Å². The predicted octanol–water partition coefficient (Wildman–Crippen LogP) is 3.53. The molecule has 138 valence electrons. The third kappa shape index (κ3) is 5.80. The molecule has 0 fully saturated rings. The van der Waals surface area contributed by atoms with Crippen molar-refractivity contribution in [3.8, 4) is 0 Å². The van der Waals surface area contributed by atoms with E-state index in [1.54, 1.807) is 0 Å². The SMILES string of the molecule is CC(NC(=O)Nc1ccc(C(F)(F)F)cc1)C(=O)NCc1ccccc1. The van der Waals surface area contributed by atoms with Crippen molar-refractivity contribution in [3.63, 3.8) is 0 Å². The second kappa shape index (κ2) is 8.37. The summed E-state index contributed by atoms with van der Waals surface area (Å²) in [4.78, 5) is 23.8. The molecule has 3 N–H and O–H groups in total. The minimum atomic E-state index is -4.44. The molecule has 2 aromatic rings. The van der Waals surface area contributed by atoms with Crippen molar-refractivity contribution in [3.05, 3.63) is 65.7 Å². The molecule has 1 unspecified atom stereocenters. The molecular formula is C18H18F3N3O2. The van der Waals surface area contributed by atoms with Gasteiger partial charge in [-0.3, -0.25) is 4.79 Å². The molecule has 0 heterocycles. The van der Waals surface area contributed by atoms with Crippen molar-refractivity contribution >= 4 is 17.6 Å². The smallest absolute Gasteiger partial charge is 0.350 e. The molecule has 26 heavy (non-hydrogen) atoms. The van der Waals surface area contributed by atoms with Crippen LogP contribution in [0.25, 0.3) is 0 Å². The van der Waals surface area contributed by atoms with Gasteiger partial charge in [0, 0.05) is 12.2 Å². The number of urea groups is 1. The Labute approximate surface area is 148 Å². The maximum absolute atomic E-state index is 12.5. The molecular weight excluding hydrogens is 347 g/mol. The number of carbonyl (C=O) groups is 2. The lowest BCUT2D eigenvalue weighted by Gasteiger charge is -2.15. The average Bonchev–Trinajstić information content (AvgIpc) is 2.60. The molecule has 0 aliphatic heterocycles. The molecule has 0 spiro atoms. The molecule has 2 aromatic carbocycles. The van der Waals surface area contributed by atoms with E-state index in [2.05, 4.69) is 16.0 Å². The molecule has 8 heteroatoms. The van der Waals surface area contributed by atoms with Crippen LogP contribution in [0.2, 0.25) is 0 Å². The molecule has 0 bridgehead atoms. The van der Waals surface area contributed by atoms with Gasteiger partial charge < -0.3 is 16.0 Å². The molecule has 0 aliphatic rings. The van der Waals surface area contributed by atoms with E-state index in [0.29, 0.717) is 6.54 Å². The summed E-state index contributed by atoms with van der Waals surface area (Å²) in [5, 5.41) is 7.49. The largest absolute Gasteiger partial charge is 0.416 e. The highest BCUT2D eigenvalue weighted by Gasteiger charge is 2.30. The fraction of sp³-hybridized carbons (Fsp3) is 0.222. The Hall–Kier alpha value is -3.03. The first kappa shape index (κ1) is 19.3. The average molecular weight is 365 g/mol. The zero-order valence-corrected chi connectivity index (χ0v) is 13.9. The van der Waals surface area contributed by atoms with Gasteiger partial charge in [0.25, 0.3) is 0 Å². The fourth-order valence-corrected chi connectivity index (χ4v) is 2.11. The highest BCUT2D eigenvalue weighted by Crippen LogP contribution is 2.29. The maximum Gasteiger partial charge on any atom is 0.416 e. The molecule has 3 amide bonds. The van der Waals surface area contributed by atoms with Crippen molar-refractivity contribution in [1.82, 2.24) is 10.6 Å². The van der Waals surface area contributed by atoms with Crippen LogP contribution in [-0.2, 0) is 17.5 Å². The van der Waals surface area contributed by atoms with E-state index in [1.807, 2.05) is 30.3 Å². The Bertz CT molecular complexity index is 747. The van der Waals surface area contributed by atoms with E-state index in [0.717, 1.165) is 29.8 Å². The highest BCUT2D eigenvalue weighted by molar-refractivity contribution is 5.93. The molecule has 0 saturated heterocycles. The first-order valence-corrected chi connectivity index (χ1v) is 7.82. The normalized spacial score (nSPS) is 12.2. The molecule has 0 aromatic heterocycles. The molecule has 5 nitrogen and oxygen atoms in total. The Morgan fingerprint density at radius 3 is 2.19 bits per heavy atom. The lowest BCUT2D eigenvalue weighted by molar-refractivity contribution is -0.137. The quantitative estimate of drug-likeness (QED) is 0.759. The van der Waals surface area contributed by atoms with Gasteiger partial charge in [0.1, 0.15) is 6.04 Å². The first-order valence-electron chi connectivity index (χ1n) is 7.82. The van der Waals surface area contributed by atoms with Crippen molar-refractivity contribution in [2.45, 2.75) is 25.7 Å². The van der Waals surface area contributed by atoms with Crippen LogP contribution < -0.4 is 16.0 Å². The zero-order chi connectivity index (χ0) is 19.2. The minimum absolute atomic E-state index is 0.187. The van der Waals surface area contributed by atoms with Crippen LogP contribution in [0.4, 0.5) is 23.7 Å². The summed E-state index contributed by atoms with van der Waals surface area (Å²) in [6, 6.07) is 11.8. The lowest BCUT2D eigenvalue weighted by Crippen LogP contribution is -2.46. The summed E-state index contributed by atoms with van der Waals surface area (Å²) in [5.74, 6) is -0.378. The van der Waals surface area contributed by atoms with Crippen molar-refractivity contribution < 1.29 is 22.8 Å². The highest BCUT2D eigenvalue weighted by atomic mass is 19.4. The van der Waals surface area contributed by atoms with Crippen LogP contribution in [0, 0.1) is 0 Å². The number of rotatable bonds is 5. The summed E-state index contributed by atoms with van der Waals surface area (Å²) in [5.41, 5.74) is 0.298. The van der Waals surface area contributed by atoms with E-state index in [4.69, 9.17) is 0 Å². The molecule has 0 aliphatic carbocycles. The third-order valence-electron chi connectivity index (χ3n) is 3.52. The minimum Gasteiger partial charge on any atom is -0.350 e. The van der Waals surface area contributed by atoms with Gasteiger partial charge in [-0.25, -0.2) is 4.79 Å². The van der Waals surface area contributed by atoms with E-state index in [1.165, 1.54) is 6.92 Å². The van der Waals surface area contributed by atoms with E-state index < -0.39 is 23.8 Å². The third-order valence-corrected chi connectivity index (χ3v) is 3.52. The van der Waals surface area contributed by atoms with Crippen LogP contribution in [0.1, 0.15) is 18.1 Å². The van der Waals surface area contributed by atoms with Crippen LogP contribution >= 0.6 is 0 Å². The number of hydrogen-bond acceptors (Lipinski definition) is 2. The molecule has 1 atom stereocenters. The van der Waals surface area contributed by atoms with Crippen molar-refractivity contribution in [2.75, 3.05) is 5.32 Å². The number of alkyl halides is 3. The Balaban J connectivity index is 1.81. The number of halogens is 3. The molecule has 0 radical (unpaired) electrons. The van der Waals surface area contributed by atoms with Crippen LogP contribution in [0.5, 0.6) is 0 Å². The topological polar surface area (TPSA) is 70.2 Å². The van der Waals surface area contributed by atoms with Gasteiger partial charge in [-0.1, -0.05) is 30.3 Å². The lowest BCUT2D eigenvalue weighted by atomic mass is 10.2. The summed E-state index contributed by atoms with van der Waals surface area (Å²) in [6.45, 7) is 1.83. The summed E-state index contributed by atoms with van der Waals surface area (Å²) in [7, 11) is 0. The standard InChI is InChI=1S/C18H18F3N3O2/c1-12(16(25)22-11-13-5-3-2-4-6-13)23-17(26)24-15-9-7-14(8-10-15)18(19,20)21/h2-10,12H,11H2,1H3,(H,22,25)(H2,23,24,26). The second-order valence-electron chi connectivity index (χ2n) is 5.60. The van der Waals surface area contributed by atoms with Gasteiger partial charge in [-0.2, -0.15) is 13.2 Å². The Morgan fingerprint density at radius 1 is 1.00 bits per heavy atom. The number of hydrogen-bond donors (Lipinski definition) is 3. The number of anilines is 1. The van der Waals surface area contributed by atoms with Gasteiger partial charge >= 0.3 is 12.2 Å². The number of carbonyl (C=O) groups excluding carboxylic acids is 2. The second-order valence-corrected chi connectivity index (χ2v) is 5.60. The predicted molar refractivity (Wildman–Crippen MR) is 91.3 cm³/mol. The van der Waals surface area contributed by atoms with Crippen LogP contribution in [0.3, 0.4) is 0 Å². The number of amides is 3. The van der Waals surface area contributed by atoms with Gasteiger partial charge in [0.15, 0.2) is 0 Å². The van der Waals surface area contributed by atoms with Gasteiger partial charge in [0.05, 0.1) is 5.56 Å². The van der Waals surface area contributed by atoms with Gasteiger partial charge in [0.2, 0.25) is 5.91 Å². The number of nitrogens with one attached hydrogen (secondary N) is 3. The monoisotopic (exact) mass is 365 g/mol. The van der Waals surface area contributed by atoms with Crippen molar-refractivity contribution in [1.29, 1.82) is 0 Å². The Morgan fingerprint density at radius 2 is 1.62 bits per heavy atom.